The first-order chi connectivity index (χ1) is 9.11. The maximum Gasteiger partial charge on any atom is 0.167 e. The maximum absolute atomic E-state index is 12.9. The van der Waals surface area contributed by atoms with Crippen molar-refractivity contribution in [3.63, 3.8) is 0 Å². The highest BCUT2D eigenvalue weighted by Gasteiger charge is 2.13. The lowest BCUT2D eigenvalue weighted by atomic mass is 9.99. The molecule has 1 aromatic carbocycles. The Balaban J connectivity index is 2.26. The van der Waals surface area contributed by atoms with E-state index in [0.29, 0.717) is 11.1 Å². The predicted octanol–water partition coefficient (Wildman–Crippen LogP) is 3.86. The molecule has 0 unspecified atom stereocenters. The van der Waals surface area contributed by atoms with Gasteiger partial charge in [-0.1, -0.05) is 24.6 Å². The zero-order valence-corrected chi connectivity index (χ0v) is 11.2. The molecule has 2 rings (SSSR count). The van der Waals surface area contributed by atoms with Crippen molar-refractivity contribution in [3.05, 3.63) is 64.2 Å². The Labute approximate surface area is 116 Å². The van der Waals surface area contributed by atoms with Crippen LogP contribution in [0.2, 0.25) is 5.02 Å². The van der Waals surface area contributed by atoms with Gasteiger partial charge in [-0.05, 0) is 35.7 Å². The number of halogens is 2. The van der Waals surface area contributed by atoms with Crippen LogP contribution in [-0.2, 0) is 12.8 Å². The minimum absolute atomic E-state index is 0.0345. The Kier molecular flexibility index (Phi) is 4.27. The zero-order valence-electron chi connectivity index (χ0n) is 10.5. The fourth-order valence-corrected chi connectivity index (χ4v) is 2.15. The molecule has 98 valence electrons. The van der Waals surface area contributed by atoms with E-state index in [4.69, 9.17) is 11.6 Å². The molecule has 0 spiro atoms. The number of aromatic nitrogens is 1. The second kappa shape index (κ2) is 5.93. The minimum Gasteiger partial charge on any atom is -0.294 e. The van der Waals surface area contributed by atoms with Crippen molar-refractivity contribution in [1.82, 2.24) is 4.98 Å². The minimum atomic E-state index is -0.403. The predicted molar refractivity (Wildman–Crippen MR) is 73.1 cm³/mol. The molecule has 2 nitrogen and oxygen atoms in total. The number of nitrogens with zero attached hydrogens (tertiary/aromatic N) is 1. The summed E-state index contributed by atoms with van der Waals surface area (Å²) in [6.07, 6.45) is 4.19. The molecule has 1 aromatic heterocycles. The monoisotopic (exact) mass is 277 g/mol. The van der Waals surface area contributed by atoms with Gasteiger partial charge in [-0.3, -0.25) is 9.78 Å². The van der Waals surface area contributed by atoms with E-state index in [1.165, 1.54) is 12.1 Å². The summed E-state index contributed by atoms with van der Waals surface area (Å²) in [6, 6.07) is 5.78. The van der Waals surface area contributed by atoms with Gasteiger partial charge in [0, 0.05) is 29.4 Å². The number of Topliss-reactive ketones (excluding diaryl/α,β-unsaturated/α-hetero) is 1. The highest BCUT2D eigenvalue weighted by molar-refractivity contribution is 6.31. The van der Waals surface area contributed by atoms with Crippen LogP contribution in [0, 0.1) is 5.82 Å². The molecule has 0 N–H and O–H groups in total. The molecule has 0 atom stereocenters. The van der Waals surface area contributed by atoms with Gasteiger partial charge in [-0.15, -0.1) is 0 Å². The SMILES string of the molecule is CCc1cnccc1C(=O)Cc1ccc(F)cc1Cl. The number of hydrogen-bond acceptors (Lipinski definition) is 2. The van der Waals surface area contributed by atoms with Crippen molar-refractivity contribution in [2.24, 2.45) is 0 Å². The van der Waals surface area contributed by atoms with Crippen molar-refractivity contribution in [1.29, 1.82) is 0 Å². The van der Waals surface area contributed by atoms with Crippen LogP contribution in [0.15, 0.2) is 36.7 Å². The van der Waals surface area contributed by atoms with Gasteiger partial charge in [0.2, 0.25) is 0 Å². The van der Waals surface area contributed by atoms with Crippen LogP contribution in [0.1, 0.15) is 28.4 Å². The summed E-state index contributed by atoms with van der Waals surface area (Å²) in [5, 5.41) is 0.278. The van der Waals surface area contributed by atoms with Gasteiger partial charge in [-0.2, -0.15) is 0 Å². The van der Waals surface area contributed by atoms with Crippen molar-refractivity contribution >= 4 is 17.4 Å². The Bertz CT molecular complexity index is 613. The van der Waals surface area contributed by atoms with Crippen molar-refractivity contribution in [3.8, 4) is 0 Å². The van der Waals surface area contributed by atoms with E-state index in [0.717, 1.165) is 12.0 Å². The molecular formula is C15H13ClFNO. The molecular weight excluding hydrogens is 265 g/mol. The number of hydrogen-bond donors (Lipinski definition) is 0. The first kappa shape index (κ1) is 13.7. The number of rotatable bonds is 4. The first-order valence-corrected chi connectivity index (χ1v) is 6.39. The fourth-order valence-electron chi connectivity index (χ4n) is 1.91. The molecule has 2 aromatic rings. The van der Waals surface area contributed by atoms with Gasteiger partial charge in [0.15, 0.2) is 5.78 Å². The number of pyridine rings is 1. The van der Waals surface area contributed by atoms with Gasteiger partial charge in [0.1, 0.15) is 5.82 Å². The second-order valence-corrected chi connectivity index (χ2v) is 4.63. The lowest BCUT2D eigenvalue weighted by Gasteiger charge is -2.07. The van der Waals surface area contributed by atoms with E-state index in [1.54, 1.807) is 24.5 Å². The van der Waals surface area contributed by atoms with Gasteiger partial charge in [-0.25, -0.2) is 4.39 Å². The highest BCUT2D eigenvalue weighted by atomic mass is 35.5. The fraction of sp³-hybridized carbons (Fsp3) is 0.200. The molecule has 1 heterocycles. The molecule has 4 heteroatoms. The molecule has 0 bridgehead atoms. The molecule has 0 aliphatic carbocycles. The van der Waals surface area contributed by atoms with Gasteiger partial charge < -0.3 is 0 Å². The summed E-state index contributed by atoms with van der Waals surface area (Å²) >= 11 is 5.93. The quantitative estimate of drug-likeness (QED) is 0.794. The van der Waals surface area contributed by atoms with Crippen molar-refractivity contribution in [2.45, 2.75) is 19.8 Å². The molecule has 0 saturated heterocycles. The Morgan fingerprint density at radius 2 is 2.11 bits per heavy atom. The number of carbonyl (C=O) groups excluding carboxylic acids is 1. The van der Waals surface area contributed by atoms with Crippen LogP contribution in [-0.4, -0.2) is 10.8 Å². The summed E-state index contributed by atoms with van der Waals surface area (Å²) in [5.41, 5.74) is 2.19. The Hall–Kier alpha value is -1.74. The van der Waals surface area contributed by atoms with Crippen LogP contribution in [0.5, 0.6) is 0 Å². The van der Waals surface area contributed by atoms with E-state index in [-0.39, 0.29) is 17.2 Å². The van der Waals surface area contributed by atoms with Gasteiger partial charge in [0.25, 0.3) is 0 Å². The lowest BCUT2D eigenvalue weighted by molar-refractivity contribution is 0.0992. The summed E-state index contributed by atoms with van der Waals surface area (Å²) in [7, 11) is 0. The van der Waals surface area contributed by atoms with E-state index in [1.807, 2.05) is 6.92 Å². The smallest absolute Gasteiger partial charge is 0.167 e. The van der Waals surface area contributed by atoms with E-state index in [9.17, 15) is 9.18 Å². The average molecular weight is 278 g/mol. The van der Waals surface area contributed by atoms with Crippen LogP contribution in [0.25, 0.3) is 0 Å². The number of ketones is 1. The number of carbonyl (C=O) groups is 1. The highest BCUT2D eigenvalue weighted by Crippen LogP contribution is 2.20. The van der Waals surface area contributed by atoms with Crippen LogP contribution in [0.4, 0.5) is 4.39 Å². The van der Waals surface area contributed by atoms with Crippen molar-refractivity contribution in [2.75, 3.05) is 0 Å². The van der Waals surface area contributed by atoms with Crippen molar-refractivity contribution < 1.29 is 9.18 Å². The third-order valence-corrected chi connectivity index (χ3v) is 3.30. The molecule has 0 radical (unpaired) electrons. The Morgan fingerprint density at radius 1 is 1.32 bits per heavy atom. The van der Waals surface area contributed by atoms with Crippen LogP contribution in [0.3, 0.4) is 0 Å². The standard InChI is InChI=1S/C15H13ClFNO/c1-2-10-9-18-6-5-13(10)15(19)7-11-3-4-12(17)8-14(11)16/h3-6,8-9H,2,7H2,1H3. The third-order valence-electron chi connectivity index (χ3n) is 2.95. The van der Waals surface area contributed by atoms with Gasteiger partial charge >= 0.3 is 0 Å². The summed E-state index contributed by atoms with van der Waals surface area (Å²) < 4.78 is 12.9. The van der Waals surface area contributed by atoms with Crippen LogP contribution >= 0.6 is 11.6 Å². The van der Waals surface area contributed by atoms with Crippen LogP contribution < -0.4 is 0 Å². The van der Waals surface area contributed by atoms with E-state index < -0.39 is 5.82 Å². The normalized spacial score (nSPS) is 10.5. The molecule has 19 heavy (non-hydrogen) atoms. The maximum atomic E-state index is 12.9. The third kappa shape index (κ3) is 3.18. The summed E-state index contributed by atoms with van der Waals surface area (Å²) in [6.45, 7) is 1.97. The number of benzene rings is 1. The molecule has 0 fully saturated rings. The largest absolute Gasteiger partial charge is 0.294 e. The second-order valence-electron chi connectivity index (χ2n) is 4.22. The van der Waals surface area contributed by atoms with E-state index in [2.05, 4.69) is 4.98 Å². The Morgan fingerprint density at radius 3 is 2.79 bits per heavy atom. The summed E-state index contributed by atoms with van der Waals surface area (Å²) in [4.78, 5) is 16.3. The lowest BCUT2D eigenvalue weighted by Crippen LogP contribution is -2.07. The molecule has 0 saturated carbocycles. The molecule has 0 aliphatic heterocycles. The topological polar surface area (TPSA) is 30.0 Å². The zero-order chi connectivity index (χ0) is 13.8. The summed E-state index contributed by atoms with van der Waals surface area (Å²) in [5.74, 6) is -0.438. The van der Waals surface area contributed by atoms with Gasteiger partial charge in [0.05, 0.1) is 0 Å². The molecule has 0 amide bonds. The average Bonchev–Trinajstić information content (AvgIpc) is 2.41. The number of aryl methyl sites for hydroxylation is 1. The molecule has 0 aliphatic rings. The first-order valence-electron chi connectivity index (χ1n) is 6.01. The van der Waals surface area contributed by atoms with E-state index >= 15 is 0 Å².